The Morgan fingerprint density at radius 3 is 2.54 bits per heavy atom. The van der Waals surface area contributed by atoms with Crippen LogP contribution in [0.5, 0.6) is 0 Å². The van der Waals surface area contributed by atoms with Gasteiger partial charge >= 0.3 is 0 Å². The van der Waals surface area contributed by atoms with Crippen molar-refractivity contribution in [1.82, 2.24) is 19.8 Å². The number of nitrogens with zero attached hydrogens (tertiary/aromatic N) is 3. The Labute approximate surface area is 162 Å². The molecule has 0 bridgehead atoms. The van der Waals surface area contributed by atoms with Gasteiger partial charge in [-0.25, -0.2) is 18.2 Å². The number of imidazole rings is 1. The van der Waals surface area contributed by atoms with Crippen LogP contribution in [-0.2, 0) is 13.1 Å². The summed E-state index contributed by atoms with van der Waals surface area (Å²) in [5.74, 6) is -3.55. The molecular formula is C20H25F3N4O. The Balaban J connectivity index is 2.15. The van der Waals surface area contributed by atoms with E-state index in [1.807, 2.05) is 32.7 Å². The maximum Gasteiger partial charge on any atom is 0.272 e. The number of aromatic nitrogens is 2. The molecule has 8 heteroatoms. The van der Waals surface area contributed by atoms with Crippen LogP contribution in [0.15, 0.2) is 12.1 Å². The predicted molar refractivity (Wildman–Crippen MR) is 100 cm³/mol. The van der Waals surface area contributed by atoms with Crippen molar-refractivity contribution in [3.8, 4) is 11.4 Å². The molecule has 152 valence electrons. The molecule has 0 unspecified atom stereocenters. The van der Waals surface area contributed by atoms with E-state index in [2.05, 4.69) is 10.3 Å². The lowest BCUT2D eigenvalue weighted by Gasteiger charge is -2.24. The lowest BCUT2D eigenvalue weighted by molar-refractivity contribution is 0.0904. The molecule has 1 aromatic heterocycles. The van der Waals surface area contributed by atoms with Crippen molar-refractivity contribution in [2.24, 2.45) is 0 Å². The Morgan fingerprint density at radius 2 is 1.86 bits per heavy atom. The molecule has 0 saturated carbocycles. The number of hydrogen-bond donors (Lipinski definition) is 1. The summed E-state index contributed by atoms with van der Waals surface area (Å²) >= 11 is 0. The minimum atomic E-state index is -1.26. The molecule has 0 aliphatic carbocycles. The van der Waals surface area contributed by atoms with E-state index in [4.69, 9.17) is 0 Å². The highest BCUT2D eigenvalue weighted by atomic mass is 19.2. The lowest BCUT2D eigenvalue weighted by atomic mass is 10.0. The molecule has 0 atom stereocenters. The van der Waals surface area contributed by atoms with Gasteiger partial charge in [-0.15, -0.1) is 0 Å². The Kier molecular flexibility index (Phi) is 5.52. The van der Waals surface area contributed by atoms with Crippen LogP contribution in [-0.4, -0.2) is 39.5 Å². The van der Waals surface area contributed by atoms with Gasteiger partial charge < -0.3 is 14.8 Å². The first kappa shape index (κ1) is 20.4. The van der Waals surface area contributed by atoms with Gasteiger partial charge in [-0.1, -0.05) is 6.92 Å². The highest BCUT2D eigenvalue weighted by molar-refractivity contribution is 5.94. The highest BCUT2D eigenvalue weighted by Gasteiger charge is 2.29. The molecule has 3 rings (SSSR count). The zero-order valence-corrected chi connectivity index (χ0v) is 16.6. The number of carbonyl (C=O) groups excluding carboxylic acids is 1. The van der Waals surface area contributed by atoms with Crippen molar-refractivity contribution in [3.63, 3.8) is 0 Å². The Hall–Kier alpha value is -2.35. The molecule has 2 heterocycles. The molecule has 0 saturated heterocycles. The topological polar surface area (TPSA) is 50.2 Å². The van der Waals surface area contributed by atoms with Crippen molar-refractivity contribution in [1.29, 1.82) is 0 Å². The van der Waals surface area contributed by atoms with E-state index >= 15 is 0 Å². The van der Waals surface area contributed by atoms with E-state index in [0.717, 1.165) is 25.5 Å². The van der Waals surface area contributed by atoms with E-state index in [1.165, 1.54) is 0 Å². The number of fused-ring (bicyclic) bond motifs is 1. The monoisotopic (exact) mass is 394 g/mol. The second kappa shape index (κ2) is 7.58. The molecule has 0 radical (unpaired) electrons. The predicted octanol–water partition coefficient (Wildman–Crippen LogP) is 3.72. The largest absolute Gasteiger partial charge is 0.346 e. The third kappa shape index (κ3) is 3.92. The van der Waals surface area contributed by atoms with Crippen molar-refractivity contribution in [3.05, 3.63) is 41.0 Å². The average molecular weight is 394 g/mol. The van der Waals surface area contributed by atoms with Crippen molar-refractivity contribution in [2.45, 2.75) is 52.2 Å². The van der Waals surface area contributed by atoms with Crippen LogP contribution in [0.25, 0.3) is 11.4 Å². The van der Waals surface area contributed by atoms with Crippen LogP contribution in [0.4, 0.5) is 13.2 Å². The molecule has 28 heavy (non-hydrogen) atoms. The van der Waals surface area contributed by atoms with Gasteiger partial charge in [0.05, 0.1) is 11.3 Å². The van der Waals surface area contributed by atoms with E-state index in [9.17, 15) is 18.0 Å². The summed E-state index contributed by atoms with van der Waals surface area (Å²) in [4.78, 5) is 19.4. The van der Waals surface area contributed by atoms with Gasteiger partial charge in [-0.3, -0.25) is 4.79 Å². The van der Waals surface area contributed by atoms with Crippen LogP contribution in [0, 0.1) is 17.5 Å². The average Bonchev–Trinajstić information content (AvgIpc) is 2.84. The normalized spacial score (nSPS) is 15.2. The first-order valence-electron chi connectivity index (χ1n) is 9.38. The van der Waals surface area contributed by atoms with Crippen molar-refractivity contribution >= 4 is 5.91 Å². The van der Waals surface area contributed by atoms with Crippen LogP contribution < -0.4 is 5.32 Å². The van der Waals surface area contributed by atoms with Crippen LogP contribution in [0.3, 0.4) is 0 Å². The minimum absolute atomic E-state index is 0.140. The lowest BCUT2D eigenvalue weighted by Crippen LogP contribution is -2.43. The Bertz CT molecular complexity index is 907. The summed E-state index contributed by atoms with van der Waals surface area (Å²) in [6.45, 7) is 7.52. The summed E-state index contributed by atoms with van der Waals surface area (Å²) in [7, 11) is 1.93. The zero-order chi connectivity index (χ0) is 20.6. The van der Waals surface area contributed by atoms with Crippen molar-refractivity contribution < 1.29 is 18.0 Å². The summed E-state index contributed by atoms with van der Waals surface area (Å²) in [6, 6.07) is 1.31. The second-order valence-electron chi connectivity index (χ2n) is 7.91. The fourth-order valence-corrected chi connectivity index (χ4v) is 3.26. The minimum Gasteiger partial charge on any atom is -0.346 e. The van der Waals surface area contributed by atoms with E-state index < -0.39 is 23.0 Å². The molecule has 2 aromatic rings. The SMILES string of the molecule is CCC(C)(C)NC(=O)c1nc(-c2cc(F)c(F)cc2F)n2c1CN(C)CCC2. The van der Waals surface area contributed by atoms with Gasteiger partial charge in [0, 0.05) is 24.7 Å². The zero-order valence-electron chi connectivity index (χ0n) is 16.6. The molecule has 0 spiro atoms. The van der Waals surface area contributed by atoms with Gasteiger partial charge in [0.15, 0.2) is 17.3 Å². The van der Waals surface area contributed by atoms with Gasteiger partial charge in [-0.2, -0.15) is 0 Å². The smallest absolute Gasteiger partial charge is 0.272 e. The van der Waals surface area contributed by atoms with E-state index in [1.54, 1.807) is 4.57 Å². The number of rotatable bonds is 4. The summed E-state index contributed by atoms with van der Waals surface area (Å²) in [5.41, 5.74) is 0.244. The van der Waals surface area contributed by atoms with Gasteiger partial charge in [-0.05, 0) is 46.3 Å². The van der Waals surface area contributed by atoms with Gasteiger partial charge in [0.2, 0.25) is 0 Å². The summed E-state index contributed by atoms with van der Waals surface area (Å²) < 4.78 is 43.3. The third-order valence-corrected chi connectivity index (χ3v) is 5.22. The number of hydrogen-bond acceptors (Lipinski definition) is 3. The third-order valence-electron chi connectivity index (χ3n) is 5.22. The molecular weight excluding hydrogens is 369 g/mol. The maximum atomic E-state index is 14.4. The number of halogens is 3. The second-order valence-corrected chi connectivity index (χ2v) is 7.91. The van der Waals surface area contributed by atoms with E-state index in [0.29, 0.717) is 24.8 Å². The number of nitrogens with one attached hydrogen (secondary N) is 1. The molecule has 1 amide bonds. The standard InChI is InChI=1S/C20H25F3N4O/c1-5-20(2,3)25-19(28)17-16-11-26(4)7-6-8-27(16)18(24-17)12-9-14(22)15(23)10-13(12)21/h9-10H,5-8,11H2,1-4H3,(H,25,28). The van der Waals surface area contributed by atoms with Crippen molar-refractivity contribution in [2.75, 3.05) is 13.6 Å². The summed E-state index contributed by atoms with van der Waals surface area (Å²) in [6.07, 6.45) is 1.49. The molecule has 1 N–H and O–H groups in total. The van der Waals surface area contributed by atoms with Crippen LogP contribution in [0.1, 0.15) is 49.8 Å². The van der Waals surface area contributed by atoms with Gasteiger partial charge in [0.25, 0.3) is 5.91 Å². The number of benzene rings is 1. The van der Waals surface area contributed by atoms with Crippen LogP contribution in [0.2, 0.25) is 0 Å². The Morgan fingerprint density at radius 1 is 1.18 bits per heavy atom. The van der Waals surface area contributed by atoms with Gasteiger partial charge in [0.1, 0.15) is 11.6 Å². The first-order valence-corrected chi connectivity index (χ1v) is 9.38. The molecule has 5 nitrogen and oxygen atoms in total. The molecule has 0 fully saturated rings. The van der Waals surface area contributed by atoms with Crippen LogP contribution >= 0.6 is 0 Å². The number of carbonyl (C=O) groups is 1. The first-order chi connectivity index (χ1) is 13.1. The number of amides is 1. The summed E-state index contributed by atoms with van der Waals surface area (Å²) in [5, 5.41) is 2.95. The maximum absolute atomic E-state index is 14.4. The fourth-order valence-electron chi connectivity index (χ4n) is 3.26. The molecule has 1 aliphatic heterocycles. The molecule has 1 aliphatic rings. The quantitative estimate of drug-likeness (QED) is 0.804. The fraction of sp³-hybridized carbons (Fsp3) is 0.500. The van der Waals surface area contributed by atoms with E-state index in [-0.39, 0.29) is 23.0 Å². The highest BCUT2D eigenvalue weighted by Crippen LogP contribution is 2.29. The molecule has 1 aromatic carbocycles.